The summed E-state index contributed by atoms with van der Waals surface area (Å²) in [4.78, 5) is 30.5. The number of ether oxygens (including phenoxy) is 1. The summed E-state index contributed by atoms with van der Waals surface area (Å²) in [6.07, 6.45) is 2.02. The Morgan fingerprint density at radius 2 is 1.60 bits per heavy atom. The number of non-ortho nitro benzene ring substituents is 1. The Balaban J connectivity index is 1.60. The average molecular weight is 470 g/mol. The first-order valence-electron chi connectivity index (χ1n) is 11.1. The normalized spacial score (nSPS) is 17.0. The van der Waals surface area contributed by atoms with Crippen molar-refractivity contribution >= 4 is 17.5 Å². The van der Waals surface area contributed by atoms with Crippen LogP contribution in [0.25, 0.3) is 0 Å². The molecule has 0 bridgehead atoms. The van der Waals surface area contributed by atoms with Gasteiger partial charge in [-0.2, -0.15) is 10.1 Å². The fourth-order valence-corrected chi connectivity index (χ4v) is 4.47. The van der Waals surface area contributed by atoms with Gasteiger partial charge in [0.15, 0.2) is 0 Å². The minimum absolute atomic E-state index is 0.0713. The van der Waals surface area contributed by atoms with E-state index in [1.807, 2.05) is 55.5 Å². The number of fused-ring (bicyclic) bond motifs is 1. The van der Waals surface area contributed by atoms with E-state index in [1.165, 1.54) is 30.6 Å². The number of amides is 1. The lowest BCUT2D eigenvalue weighted by Crippen LogP contribution is -2.42. The quantitative estimate of drug-likeness (QED) is 0.305. The molecule has 0 spiro atoms. The number of benzene rings is 3. The maximum absolute atomic E-state index is 13.8. The van der Waals surface area contributed by atoms with Crippen molar-refractivity contribution in [2.45, 2.75) is 25.4 Å². The number of hydrogen-bond acceptors (Lipinski definition) is 6. The van der Waals surface area contributed by atoms with Crippen LogP contribution in [0.2, 0.25) is 0 Å². The van der Waals surface area contributed by atoms with E-state index in [4.69, 9.17) is 4.74 Å². The molecule has 0 aliphatic carbocycles. The molecule has 1 aliphatic rings. The summed E-state index contributed by atoms with van der Waals surface area (Å²) in [7, 11) is 1.63. The number of aromatic nitrogens is 3. The first-order valence-corrected chi connectivity index (χ1v) is 11.1. The van der Waals surface area contributed by atoms with Crippen molar-refractivity contribution in [2.75, 3.05) is 12.0 Å². The highest BCUT2D eigenvalue weighted by molar-refractivity contribution is 6.06. The molecule has 3 aromatic carbocycles. The van der Waals surface area contributed by atoms with Gasteiger partial charge in [-0.15, -0.1) is 0 Å². The summed E-state index contributed by atoms with van der Waals surface area (Å²) in [5, 5.41) is 15.5. The third kappa shape index (κ3) is 4.12. The lowest BCUT2D eigenvalue weighted by Gasteiger charge is -2.39. The molecule has 0 saturated heterocycles. The summed E-state index contributed by atoms with van der Waals surface area (Å²) in [6.45, 7) is 2.02. The molecule has 5 rings (SSSR count). The summed E-state index contributed by atoms with van der Waals surface area (Å²) in [6, 6.07) is 21.0. The number of nitro benzene ring substituents is 1. The van der Waals surface area contributed by atoms with Gasteiger partial charge >= 0.3 is 0 Å². The molecule has 0 N–H and O–H groups in total. The molecule has 1 aromatic heterocycles. The molecular formula is C26H23N5O4. The summed E-state index contributed by atoms with van der Waals surface area (Å²) in [5.74, 6) is 0.882. The monoisotopic (exact) mass is 469 g/mol. The molecule has 4 aromatic rings. The third-order valence-corrected chi connectivity index (χ3v) is 6.33. The zero-order valence-electron chi connectivity index (χ0n) is 19.2. The van der Waals surface area contributed by atoms with Gasteiger partial charge in [-0.05, 0) is 48.7 Å². The van der Waals surface area contributed by atoms with Crippen molar-refractivity contribution in [2.24, 2.45) is 0 Å². The largest absolute Gasteiger partial charge is 0.497 e. The van der Waals surface area contributed by atoms with Gasteiger partial charge in [0.05, 0.1) is 24.1 Å². The van der Waals surface area contributed by atoms with E-state index in [-0.39, 0.29) is 23.7 Å². The van der Waals surface area contributed by atoms with Crippen molar-refractivity contribution in [3.05, 3.63) is 111 Å². The van der Waals surface area contributed by atoms with Gasteiger partial charge in [0, 0.05) is 17.7 Å². The van der Waals surface area contributed by atoms with Crippen LogP contribution in [0, 0.1) is 17.0 Å². The minimum Gasteiger partial charge on any atom is -0.497 e. The lowest BCUT2D eigenvalue weighted by molar-refractivity contribution is -0.384. The molecule has 9 nitrogen and oxygen atoms in total. The molecule has 2 heterocycles. The van der Waals surface area contributed by atoms with E-state index in [0.29, 0.717) is 17.9 Å². The summed E-state index contributed by atoms with van der Waals surface area (Å²) in [5.41, 5.74) is 3.38. The SMILES string of the molecule is COc1ccc([C@H]2C[C@H](c3ccc(C)cc3)N(C(=O)c3ccc([N+](=O)[O-])cc3)c3ncnn32)cc1. The Hall–Kier alpha value is -4.53. The van der Waals surface area contributed by atoms with Gasteiger partial charge < -0.3 is 4.74 Å². The predicted octanol–water partition coefficient (Wildman–Crippen LogP) is 4.88. The highest BCUT2D eigenvalue weighted by Crippen LogP contribution is 2.42. The van der Waals surface area contributed by atoms with Gasteiger partial charge in [-0.25, -0.2) is 4.68 Å². The van der Waals surface area contributed by atoms with E-state index in [2.05, 4.69) is 10.1 Å². The minimum atomic E-state index is -0.486. The molecule has 176 valence electrons. The van der Waals surface area contributed by atoms with Crippen molar-refractivity contribution in [1.82, 2.24) is 14.8 Å². The second-order valence-electron chi connectivity index (χ2n) is 8.43. The second kappa shape index (κ2) is 9.02. The number of hydrogen-bond donors (Lipinski definition) is 0. The maximum Gasteiger partial charge on any atom is 0.269 e. The summed E-state index contributed by atoms with van der Waals surface area (Å²) >= 11 is 0. The maximum atomic E-state index is 13.8. The van der Waals surface area contributed by atoms with Crippen molar-refractivity contribution in [3.8, 4) is 5.75 Å². The molecule has 35 heavy (non-hydrogen) atoms. The van der Waals surface area contributed by atoms with Gasteiger partial charge in [0.25, 0.3) is 11.6 Å². The number of carbonyl (C=O) groups is 1. The van der Waals surface area contributed by atoms with Crippen LogP contribution < -0.4 is 9.64 Å². The highest BCUT2D eigenvalue weighted by atomic mass is 16.6. The Morgan fingerprint density at radius 1 is 0.971 bits per heavy atom. The van der Waals surface area contributed by atoms with Crippen LogP contribution in [-0.2, 0) is 0 Å². The van der Waals surface area contributed by atoms with Crippen LogP contribution in [0.5, 0.6) is 5.75 Å². The Bertz CT molecular complexity index is 1360. The molecule has 0 radical (unpaired) electrons. The molecule has 0 saturated carbocycles. The van der Waals surface area contributed by atoms with Gasteiger partial charge in [0.1, 0.15) is 12.1 Å². The Morgan fingerprint density at radius 3 is 2.23 bits per heavy atom. The molecule has 0 unspecified atom stereocenters. The molecular weight excluding hydrogens is 446 g/mol. The number of carbonyl (C=O) groups excluding carboxylic acids is 1. The van der Waals surface area contributed by atoms with Gasteiger partial charge in [-0.3, -0.25) is 19.8 Å². The van der Waals surface area contributed by atoms with Gasteiger partial charge in [0.2, 0.25) is 5.95 Å². The first-order chi connectivity index (χ1) is 17.0. The van der Waals surface area contributed by atoms with Crippen LogP contribution >= 0.6 is 0 Å². The van der Waals surface area contributed by atoms with Gasteiger partial charge in [-0.1, -0.05) is 42.0 Å². The third-order valence-electron chi connectivity index (χ3n) is 6.33. The molecule has 0 fully saturated rings. The number of nitrogens with zero attached hydrogens (tertiary/aromatic N) is 5. The Labute approximate surface area is 201 Å². The van der Waals surface area contributed by atoms with E-state index < -0.39 is 4.92 Å². The topological polar surface area (TPSA) is 103 Å². The molecule has 2 atom stereocenters. The highest BCUT2D eigenvalue weighted by Gasteiger charge is 2.39. The fourth-order valence-electron chi connectivity index (χ4n) is 4.47. The van der Waals surface area contributed by atoms with Crippen molar-refractivity contribution < 1.29 is 14.5 Å². The van der Waals surface area contributed by atoms with Crippen LogP contribution in [-0.4, -0.2) is 32.7 Å². The Kier molecular flexibility index (Phi) is 5.74. The van der Waals surface area contributed by atoms with E-state index >= 15 is 0 Å². The number of nitro groups is 1. The number of methoxy groups -OCH3 is 1. The van der Waals surface area contributed by atoms with Crippen molar-refractivity contribution in [3.63, 3.8) is 0 Å². The molecule has 1 aliphatic heterocycles. The fraction of sp³-hybridized carbons (Fsp3) is 0.192. The van der Waals surface area contributed by atoms with E-state index in [9.17, 15) is 14.9 Å². The molecule has 1 amide bonds. The van der Waals surface area contributed by atoms with Crippen LogP contribution in [0.15, 0.2) is 79.1 Å². The average Bonchev–Trinajstić information content (AvgIpc) is 3.38. The van der Waals surface area contributed by atoms with Crippen LogP contribution in [0.4, 0.5) is 11.6 Å². The van der Waals surface area contributed by atoms with E-state index in [0.717, 1.165) is 22.4 Å². The molecule has 9 heteroatoms. The number of rotatable bonds is 5. The standard InChI is InChI=1S/C26H23N5O4/c1-17-3-5-18(6-4-17)23-15-24(19-9-13-22(35-2)14-10-19)30-26(27-16-28-30)29(23)25(32)20-7-11-21(12-8-20)31(33)34/h3-14,16,23-24H,15H2,1-2H3/t23-,24-/m1/s1. The predicted molar refractivity (Wildman–Crippen MR) is 130 cm³/mol. The number of anilines is 1. The summed E-state index contributed by atoms with van der Waals surface area (Å²) < 4.78 is 7.06. The lowest BCUT2D eigenvalue weighted by atomic mass is 9.91. The number of aryl methyl sites for hydroxylation is 1. The van der Waals surface area contributed by atoms with E-state index in [1.54, 1.807) is 16.7 Å². The first kappa shape index (κ1) is 22.3. The van der Waals surface area contributed by atoms with Crippen LogP contribution in [0.3, 0.4) is 0 Å². The smallest absolute Gasteiger partial charge is 0.269 e. The van der Waals surface area contributed by atoms with Crippen molar-refractivity contribution in [1.29, 1.82) is 0 Å². The van der Waals surface area contributed by atoms with Crippen LogP contribution in [0.1, 0.15) is 45.6 Å². The zero-order valence-corrected chi connectivity index (χ0v) is 19.2. The zero-order chi connectivity index (χ0) is 24.5. The second-order valence-corrected chi connectivity index (χ2v) is 8.43.